The number of benzene rings is 1. The molecule has 2 heteroatoms. The van der Waals surface area contributed by atoms with Gasteiger partial charge in [-0.05, 0) is 30.5 Å². The molecule has 0 N–H and O–H groups in total. The summed E-state index contributed by atoms with van der Waals surface area (Å²) in [6, 6.07) is 5.43. The van der Waals surface area contributed by atoms with Gasteiger partial charge in [-0.15, -0.1) is 0 Å². The quantitative estimate of drug-likeness (QED) is 0.640. The van der Waals surface area contributed by atoms with E-state index >= 15 is 0 Å². The van der Waals surface area contributed by atoms with Crippen LogP contribution in [0.2, 0.25) is 0 Å². The predicted octanol–water partition coefficient (Wildman–Crippen LogP) is 2.59. The van der Waals surface area contributed by atoms with E-state index in [0.717, 1.165) is 24.3 Å². The van der Waals surface area contributed by atoms with Crippen molar-refractivity contribution in [1.29, 1.82) is 0 Å². The van der Waals surface area contributed by atoms with E-state index in [2.05, 4.69) is 11.8 Å². The second kappa shape index (κ2) is 3.02. The maximum absolute atomic E-state index is 13.4. The van der Waals surface area contributed by atoms with Gasteiger partial charge in [-0.2, -0.15) is 0 Å². The first kappa shape index (κ1) is 8.54. The van der Waals surface area contributed by atoms with Gasteiger partial charge in [0.1, 0.15) is 5.82 Å². The van der Waals surface area contributed by atoms with Gasteiger partial charge in [-0.25, -0.2) is 4.39 Å². The number of rotatable bonds is 1. The highest BCUT2D eigenvalue weighted by Crippen LogP contribution is 2.27. The second-order valence-electron chi connectivity index (χ2n) is 3.97. The topological polar surface area (TPSA) is 3.24 Å². The molecule has 0 aliphatic carbocycles. The molecule has 0 aromatic heterocycles. The number of halogens is 1. The van der Waals surface area contributed by atoms with Gasteiger partial charge >= 0.3 is 0 Å². The maximum atomic E-state index is 13.4. The van der Waals surface area contributed by atoms with Gasteiger partial charge < -0.3 is 4.90 Å². The molecule has 0 amide bonds. The van der Waals surface area contributed by atoms with Crippen LogP contribution in [0.5, 0.6) is 0 Å². The van der Waals surface area contributed by atoms with Crippen molar-refractivity contribution in [1.82, 2.24) is 0 Å². The molecule has 0 unspecified atom stereocenters. The van der Waals surface area contributed by atoms with Gasteiger partial charge in [0.15, 0.2) is 0 Å². The van der Waals surface area contributed by atoms with E-state index in [9.17, 15) is 4.39 Å². The standard InChI is InChI=1S/C11H14FN/c1-8-3-4-11(10(12)5-8)13-6-9(2)7-13/h3-5,9H,6-7H2,1-2H3. The third-order valence-electron chi connectivity index (χ3n) is 2.51. The van der Waals surface area contributed by atoms with Gasteiger partial charge in [0.05, 0.1) is 5.69 Å². The summed E-state index contributed by atoms with van der Waals surface area (Å²) in [5.41, 5.74) is 1.73. The highest BCUT2D eigenvalue weighted by atomic mass is 19.1. The number of aryl methyl sites for hydroxylation is 1. The molecule has 1 heterocycles. The van der Waals surface area contributed by atoms with Crippen LogP contribution in [0.4, 0.5) is 10.1 Å². The molecule has 13 heavy (non-hydrogen) atoms. The molecule has 1 aliphatic rings. The molecular weight excluding hydrogens is 165 g/mol. The van der Waals surface area contributed by atoms with Crippen LogP contribution in [0.1, 0.15) is 12.5 Å². The Balaban J connectivity index is 2.21. The fourth-order valence-electron chi connectivity index (χ4n) is 1.76. The summed E-state index contributed by atoms with van der Waals surface area (Å²) in [6.07, 6.45) is 0. The molecule has 70 valence electrons. The Morgan fingerprint density at radius 2 is 2.08 bits per heavy atom. The van der Waals surface area contributed by atoms with Gasteiger partial charge in [0.25, 0.3) is 0 Å². The molecule has 0 radical (unpaired) electrons. The smallest absolute Gasteiger partial charge is 0.146 e. The Morgan fingerprint density at radius 1 is 1.38 bits per heavy atom. The average molecular weight is 179 g/mol. The van der Waals surface area contributed by atoms with Gasteiger partial charge in [0, 0.05) is 13.1 Å². The zero-order valence-corrected chi connectivity index (χ0v) is 8.05. The normalized spacial score (nSPS) is 17.3. The van der Waals surface area contributed by atoms with Crippen LogP contribution in [-0.2, 0) is 0 Å². The van der Waals surface area contributed by atoms with Crippen LogP contribution in [0.3, 0.4) is 0 Å². The van der Waals surface area contributed by atoms with Crippen molar-refractivity contribution in [2.45, 2.75) is 13.8 Å². The predicted molar refractivity (Wildman–Crippen MR) is 52.5 cm³/mol. The molecule has 0 bridgehead atoms. The van der Waals surface area contributed by atoms with E-state index in [1.165, 1.54) is 0 Å². The third kappa shape index (κ3) is 1.53. The molecule has 0 atom stereocenters. The van der Waals surface area contributed by atoms with Crippen molar-refractivity contribution < 1.29 is 4.39 Å². The molecule has 0 saturated carbocycles. The Morgan fingerprint density at radius 3 is 2.62 bits per heavy atom. The molecule has 1 saturated heterocycles. The van der Waals surface area contributed by atoms with Crippen LogP contribution in [0.25, 0.3) is 0 Å². The Kier molecular flexibility index (Phi) is 1.98. The van der Waals surface area contributed by atoms with Crippen LogP contribution < -0.4 is 4.90 Å². The van der Waals surface area contributed by atoms with E-state index in [1.54, 1.807) is 6.07 Å². The van der Waals surface area contributed by atoms with Crippen molar-refractivity contribution >= 4 is 5.69 Å². The number of anilines is 1. The summed E-state index contributed by atoms with van der Waals surface area (Å²) in [5.74, 6) is 0.618. The lowest BCUT2D eigenvalue weighted by Gasteiger charge is -2.39. The molecule has 1 aromatic rings. The van der Waals surface area contributed by atoms with Crippen LogP contribution in [-0.4, -0.2) is 13.1 Å². The SMILES string of the molecule is Cc1ccc(N2CC(C)C2)c(F)c1. The summed E-state index contributed by atoms with van der Waals surface area (Å²) < 4.78 is 13.4. The average Bonchev–Trinajstić information content (AvgIpc) is 2.00. The van der Waals surface area contributed by atoms with Gasteiger partial charge in [-0.3, -0.25) is 0 Å². The second-order valence-corrected chi connectivity index (χ2v) is 3.97. The van der Waals surface area contributed by atoms with Crippen molar-refractivity contribution in [2.24, 2.45) is 5.92 Å². The molecule has 1 aliphatic heterocycles. The van der Waals surface area contributed by atoms with Crippen molar-refractivity contribution in [3.05, 3.63) is 29.6 Å². The number of nitrogens with zero attached hydrogens (tertiary/aromatic N) is 1. The molecule has 1 fully saturated rings. The zero-order valence-electron chi connectivity index (χ0n) is 8.05. The monoisotopic (exact) mass is 179 g/mol. The maximum Gasteiger partial charge on any atom is 0.146 e. The highest BCUT2D eigenvalue weighted by molar-refractivity contribution is 5.51. The van der Waals surface area contributed by atoms with Crippen molar-refractivity contribution in [2.75, 3.05) is 18.0 Å². The highest BCUT2D eigenvalue weighted by Gasteiger charge is 2.24. The van der Waals surface area contributed by atoms with Gasteiger partial charge in [-0.1, -0.05) is 13.0 Å². The number of hydrogen-bond acceptors (Lipinski definition) is 1. The third-order valence-corrected chi connectivity index (χ3v) is 2.51. The van der Waals surface area contributed by atoms with E-state index < -0.39 is 0 Å². The summed E-state index contributed by atoms with van der Waals surface area (Å²) >= 11 is 0. The first-order chi connectivity index (χ1) is 6.16. The Labute approximate surface area is 78.2 Å². The van der Waals surface area contributed by atoms with Crippen molar-refractivity contribution in [3.8, 4) is 0 Å². The van der Waals surface area contributed by atoms with Crippen LogP contribution in [0, 0.1) is 18.7 Å². The zero-order chi connectivity index (χ0) is 9.42. The van der Waals surface area contributed by atoms with Crippen molar-refractivity contribution in [3.63, 3.8) is 0 Å². The summed E-state index contributed by atoms with van der Waals surface area (Å²) in [7, 11) is 0. The minimum Gasteiger partial charge on any atom is -0.369 e. The molecule has 0 spiro atoms. The molecule has 2 rings (SSSR count). The summed E-state index contributed by atoms with van der Waals surface area (Å²) in [5, 5.41) is 0. The largest absolute Gasteiger partial charge is 0.369 e. The summed E-state index contributed by atoms with van der Waals surface area (Å²) in [6.45, 7) is 6.06. The first-order valence-corrected chi connectivity index (χ1v) is 4.68. The van der Waals surface area contributed by atoms with Crippen LogP contribution in [0.15, 0.2) is 18.2 Å². The summed E-state index contributed by atoms with van der Waals surface area (Å²) in [4.78, 5) is 2.08. The van der Waals surface area contributed by atoms with E-state index in [0.29, 0.717) is 5.92 Å². The lowest BCUT2D eigenvalue weighted by atomic mass is 10.0. The Hall–Kier alpha value is -1.05. The first-order valence-electron chi connectivity index (χ1n) is 4.68. The van der Waals surface area contributed by atoms with E-state index in [4.69, 9.17) is 0 Å². The minimum absolute atomic E-state index is 0.0908. The van der Waals surface area contributed by atoms with Crippen LogP contribution >= 0.6 is 0 Å². The Bertz CT molecular complexity index is 316. The lowest BCUT2D eigenvalue weighted by molar-refractivity contribution is 0.439. The number of hydrogen-bond donors (Lipinski definition) is 0. The fraction of sp³-hybridized carbons (Fsp3) is 0.455. The minimum atomic E-state index is -0.0908. The molecule has 1 aromatic carbocycles. The van der Waals surface area contributed by atoms with Gasteiger partial charge in [0.2, 0.25) is 0 Å². The molecule has 1 nitrogen and oxygen atoms in total. The fourth-order valence-corrected chi connectivity index (χ4v) is 1.76. The lowest BCUT2D eigenvalue weighted by Crippen LogP contribution is -2.45. The van der Waals surface area contributed by atoms with E-state index in [1.807, 2.05) is 19.1 Å². The molecular formula is C11H14FN. The van der Waals surface area contributed by atoms with E-state index in [-0.39, 0.29) is 5.82 Å².